The van der Waals surface area contributed by atoms with Gasteiger partial charge in [0.05, 0.1) is 11.2 Å². The molecule has 2 aromatic rings. The Morgan fingerprint density at radius 1 is 1.43 bits per heavy atom. The van der Waals surface area contributed by atoms with Gasteiger partial charge in [-0.15, -0.1) is 0 Å². The maximum Gasteiger partial charge on any atom is 0.0953 e. The van der Waals surface area contributed by atoms with Crippen molar-refractivity contribution >= 4 is 16.5 Å². The maximum atomic E-state index is 4.32. The standard InChI is InChI=1S/C12H14N2/c1-3-6-9(2)12-10-7-4-5-8-11(10)13-14-12/h4-8H,3H2,1-2H3,(H,13,14)/b9-6-. The van der Waals surface area contributed by atoms with E-state index in [1.54, 1.807) is 0 Å². The van der Waals surface area contributed by atoms with Crippen LogP contribution in [0.25, 0.3) is 16.5 Å². The molecule has 0 aliphatic heterocycles. The van der Waals surface area contributed by atoms with Crippen molar-refractivity contribution < 1.29 is 0 Å². The Hall–Kier alpha value is -1.57. The number of H-pyrrole nitrogens is 1. The van der Waals surface area contributed by atoms with E-state index < -0.39 is 0 Å². The van der Waals surface area contributed by atoms with Gasteiger partial charge >= 0.3 is 0 Å². The van der Waals surface area contributed by atoms with E-state index in [0.29, 0.717) is 0 Å². The SMILES string of the molecule is CC/C=C(/C)c1n[nH]c2ccccc12. The summed E-state index contributed by atoms with van der Waals surface area (Å²) in [5.74, 6) is 0. The van der Waals surface area contributed by atoms with Crippen LogP contribution in [-0.2, 0) is 0 Å². The van der Waals surface area contributed by atoms with Crippen molar-refractivity contribution in [2.75, 3.05) is 0 Å². The van der Waals surface area contributed by atoms with Crippen LogP contribution in [0.5, 0.6) is 0 Å². The molecule has 0 spiro atoms. The van der Waals surface area contributed by atoms with Crippen molar-refractivity contribution in [3.63, 3.8) is 0 Å². The van der Waals surface area contributed by atoms with Crippen LogP contribution in [0.4, 0.5) is 0 Å². The molecule has 2 nitrogen and oxygen atoms in total. The third-order valence-corrected chi connectivity index (χ3v) is 2.35. The summed E-state index contributed by atoms with van der Waals surface area (Å²) in [6.45, 7) is 4.24. The van der Waals surface area contributed by atoms with Gasteiger partial charge in [0.2, 0.25) is 0 Å². The minimum absolute atomic E-state index is 1.05. The number of benzene rings is 1. The number of para-hydroxylation sites is 1. The number of hydrogen-bond donors (Lipinski definition) is 1. The molecule has 0 unspecified atom stereocenters. The van der Waals surface area contributed by atoms with Gasteiger partial charge in [0, 0.05) is 5.39 Å². The molecule has 1 aromatic heterocycles. The Labute approximate surface area is 83.6 Å². The number of hydrogen-bond acceptors (Lipinski definition) is 1. The molecular formula is C12H14N2. The molecule has 0 fully saturated rings. The van der Waals surface area contributed by atoms with Crippen molar-refractivity contribution in [1.82, 2.24) is 10.2 Å². The number of aromatic amines is 1. The van der Waals surface area contributed by atoms with Gasteiger partial charge in [0.15, 0.2) is 0 Å². The predicted octanol–water partition coefficient (Wildman–Crippen LogP) is 3.38. The Balaban J connectivity index is 2.58. The Bertz CT molecular complexity index is 466. The van der Waals surface area contributed by atoms with Crippen LogP contribution in [0.3, 0.4) is 0 Å². The first kappa shape index (κ1) is 9.00. The number of rotatable bonds is 2. The fourth-order valence-corrected chi connectivity index (χ4v) is 1.67. The molecule has 72 valence electrons. The lowest BCUT2D eigenvalue weighted by atomic mass is 10.1. The van der Waals surface area contributed by atoms with E-state index in [4.69, 9.17) is 0 Å². The van der Waals surface area contributed by atoms with Gasteiger partial charge in [-0.1, -0.05) is 31.2 Å². The minimum Gasteiger partial charge on any atom is -0.277 e. The highest BCUT2D eigenvalue weighted by Crippen LogP contribution is 2.21. The molecule has 0 aliphatic rings. The normalized spacial score (nSPS) is 12.3. The summed E-state index contributed by atoms with van der Waals surface area (Å²) in [5.41, 5.74) is 3.42. The van der Waals surface area contributed by atoms with Crippen molar-refractivity contribution in [2.24, 2.45) is 0 Å². The van der Waals surface area contributed by atoms with Crippen LogP contribution in [0, 0.1) is 0 Å². The van der Waals surface area contributed by atoms with Crippen LogP contribution >= 0.6 is 0 Å². The molecule has 0 radical (unpaired) electrons. The summed E-state index contributed by atoms with van der Waals surface area (Å²) in [6, 6.07) is 8.20. The molecule has 14 heavy (non-hydrogen) atoms. The number of fused-ring (bicyclic) bond motifs is 1. The van der Waals surface area contributed by atoms with Crippen molar-refractivity contribution in [2.45, 2.75) is 20.3 Å². The quantitative estimate of drug-likeness (QED) is 0.765. The molecule has 2 heteroatoms. The van der Waals surface area contributed by atoms with Crippen molar-refractivity contribution in [3.05, 3.63) is 36.0 Å². The van der Waals surface area contributed by atoms with E-state index in [2.05, 4.69) is 36.2 Å². The van der Waals surface area contributed by atoms with Gasteiger partial charge in [-0.2, -0.15) is 5.10 Å². The van der Waals surface area contributed by atoms with E-state index in [1.165, 1.54) is 11.0 Å². The van der Waals surface area contributed by atoms with E-state index >= 15 is 0 Å². The Morgan fingerprint density at radius 2 is 2.21 bits per heavy atom. The van der Waals surface area contributed by atoms with Crippen LogP contribution < -0.4 is 0 Å². The number of aromatic nitrogens is 2. The summed E-state index contributed by atoms with van der Waals surface area (Å²) >= 11 is 0. The number of nitrogens with one attached hydrogen (secondary N) is 1. The van der Waals surface area contributed by atoms with E-state index in [0.717, 1.165) is 17.6 Å². The molecular weight excluding hydrogens is 172 g/mol. The molecule has 0 saturated carbocycles. The lowest BCUT2D eigenvalue weighted by Crippen LogP contribution is -1.80. The van der Waals surface area contributed by atoms with Gasteiger partial charge in [-0.3, -0.25) is 5.10 Å². The Morgan fingerprint density at radius 3 is 3.00 bits per heavy atom. The highest BCUT2D eigenvalue weighted by molar-refractivity contribution is 5.89. The zero-order valence-corrected chi connectivity index (χ0v) is 8.54. The van der Waals surface area contributed by atoms with E-state index in [1.807, 2.05) is 18.2 Å². The average Bonchev–Trinajstić information content (AvgIpc) is 2.61. The van der Waals surface area contributed by atoms with Crippen molar-refractivity contribution in [3.8, 4) is 0 Å². The van der Waals surface area contributed by atoms with E-state index in [9.17, 15) is 0 Å². The predicted molar refractivity (Wildman–Crippen MR) is 60.0 cm³/mol. The van der Waals surface area contributed by atoms with Crippen LogP contribution in [0.1, 0.15) is 26.0 Å². The zero-order chi connectivity index (χ0) is 9.97. The summed E-state index contributed by atoms with van der Waals surface area (Å²) < 4.78 is 0. The Kier molecular flexibility index (Phi) is 2.35. The summed E-state index contributed by atoms with van der Waals surface area (Å²) in [7, 11) is 0. The smallest absolute Gasteiger partial charge is 0.0953 e. The minimum atomic E-state index is 1.05. The largest absolute Gasteiger partial charge is 0.277 e. The zero-order valence-electron chi connectivity index (χ0n) is 8.54. The van der Waals surface area contributed by atoms with Crippen LogP contribution in [0.15, 0.2) is 30.3 Å². The lowest BCUT2D eigenvalue weighted by Gasteiger charge is -1.95. The van der Waals surface area contributed by atoms with Crippen molar-refractivity contribution in [1.29, 1.82) is 0 Å². The van der Waals surface area contributed by atoms with Gasteiger partial charge in [0.25, 0.3) is 0 Å². The van der Waals surface area contributed by atoms with E-state index in [-0.39, 0.29) is 0 Å². The second kappa shape index (κ2) is 3.66. The molecule has 0 aliphatic carbocycles. The lowest BCUT2D eigenvalue weighted by molar-refractivity contribution is 1.09. The number of nitrogens with zero attached hydrogens (tertiary/aromatic N) is 1. The molecule has 2 rings (SSSR count). The molecule has 1 N–H and O–H groups in total. The second-order valence-electron chi connectivity index (χ2n) is 3.41. The van der Waals surface area contributed by atoms with Crippen LogP contribution in [0.2, 0.25) is 0 Å². The highest BCUT2D eigenvalue weighted by atomic mass is 15.1. The molecule has 0 atom stereocenters. The molecule has 0 amide bonds. The first-order chi connectivity index (χ1) is 6.83. The molecule has 0 saturated heterocycles. The first-order valence-electron chi connectivity index (χ1n) is 4.93. The number of allylic oxidation sites excluding steroid dienone is 2. The summed E-state index contributed by atoms with van der Waals surface area (Å²) in [5, 5.41) is 8.56. The van der Waals surface area contributed by atoms with Gasteiger partial charge in [-0.05, 0) is 25.0 Å². The third-order valence-electron chi connectivity index (χ3n) is 2.35. The molecule has 0 bridgehead atoms. The fraction of sp³-hybridized carbons (Fsp3) is 0.250. The third kappa shape index (κ3) is 1.43. The molecule has 1 aromatic carbocycles. The second-order valence-corrected chi connectivity index (χ2v) is 3.41. The van der Waals surface area contributed by atoms with Crippen LogP contribution in [-0.4, -0.2) is 10.2 Å². The maximum absolute atomic E-state index is 4.32. The summed E-state index contributed by atoms with van der Waals surface area (Å²) in [6.07, 6.45) is 3.25. The van der Waals surface area contributed by atoms with Gasteiger partial charge in [-0.25, -0.2) is 0 Å². The monoisotopic (exact) mass is 186 g/mol. The topological polar surface area (TPSA) is 28.7 Å². The average molecular weight is 186 g/mol. The summed E-state index contributed by atoms with van der Waals surface area (Å²) in [4.78, 5) is 0. The van der Waals surface area contributed by atoms with Gasteiger partial charge < -0.3 is 0 Å². The highest BCUT2D eigenvalue weighted by Gasteiger charge is 2.04. The first-order valence-corrected chi connectivity index (χ1v) is 4.93. The molecule has 1 heterocycles. The van der Waals surface area contributed by atoms with Gasteiger partial charge in [0.1, 0.15) is 0 Å². The fourth-order valence-electron chi connectivity index (χ4n) is 1.67.